The molecule has 1 saturated heterocycles. The van der Waals surface area contributed by atoms with Crippen molar-refractivity contribution < 1.29 is 17.6 Å². The maximum absolute atomic E-state index is 12.6. The summed E-state index contributed by atoms with van der Waals surface area (Å²) in [5.74, 6) is -0.191. The van der Waals surface area contributed by atoms with Crippen LogP contribution in [0.3, 0.4) is 0 Å². The number of benzene rings is 1. The summed E-state index contributed by atoms with van der Waals surface area (Å²) in [6.45, 7) is 2.80. The lowest BCUT2D eigenvalue weighted by Gasteiger charge is -2.23. The first-order chi connectivity index (χ1) is 11.4. The van der Waals surface area contributed by atoms with E-state index < -0.39 is 9.84 Å². The van der Waals surface area contributed by atoms with Crippen LogP contribution in [0.2, 0.25) is 0 Å². The first kappa shape index (κ1) is 16.6. The Morgan fingerprint density at radius 2 is 1.75 bits per heavy atom. The molecule has 1 aliphatic heterocycles. The molecule has 6 nitrogen and oxygen atoms in total. The number of sulfone groups is 1. The van der Waals surface area contributed by atoms with Crippen LogP contribution in [-0.4, -0.2) is 51.7 Å². The molecule has 0 aliphatic carbocycles. The zero-order valence-corrected chi connectivity index (χ0v) is 14.3. The van der Waals surface area contributed by atoms with Gasteiger partial charge in [-0.2, -0.15) is 0 Å². The summed E-state index contributed by atoms with van der Waals surface area (Å²) in [4.78, 5) is 16.5. The molecule has 2 heterocycles. The van der Waals surface area contributed by atoms with Crippen LogP contribution in [0, 0.1) is 0 Å². The molecule has 1 aromatic heterocycles. The molecule has 3 rings (SSSR count). The fourth-order valence-electron chi connectivity index (χ4n) is 2.81. The van der Waals surface area contributed by atoms with Gasteiger partial charge in [-0.1, -0.05) is 18.2 Å². The third kappa shape index (κ3) is 3.62. The van der Waals surface area contributed by atoms with Crippen molar-refractivity contribution in [2.75, 3.05) is 37.3 Å². The second kappa shape index (κ2) is 6.68. The first-order valence-corrected chi connectivity index (χ1v) is 9.73. The Morgan fingerprint density at radius 1 is 1.00 bits per heavy atom. The SMILES string of the molecule is CS(=O)(=O)c1ccc(C(=O)N2CCCN(c3ccccc3)CC2)o1. The van der Waals surface area contributed by atoms with Gasteiger partial charge in [0.1, 0.15) is 0 Å². The molecule has 1 fully saturated rings. The number of carbonyl (C=O) groups excluding carboxylic acids is 1. The Kier molecular flexibility index (Phi) is 4.62. The summed E-state index contributed by atoms with van der Waals surface area (Å²) < 4.78 is 28.2. The molecule has 0 spiro atoms. The zero-order valence-electron chi connectivity index (χ0n) is 13.5. The van der Waals surface area contributed by atoms with E-state index in [0.29, 0.717) is 13.1 Å². The highest BCUT2D eigenvalue weighted by atomic mass is 32.2. The lowest BCUT2D eigenvalue weighted by atomic mass is 10.3. The van der Waals surface area contributed by atoms with Gasteiger partial charge in [0.2, 0.25) is 14.9 Å². The van der Waals surface area contributed by atoms with Crippen molar-refractivity contribution >= 4 is 21.4 Å². The van der Waals surface area contributed by atoms with Crippen LogP contribution in [0.4, 0.5) is 5.69 Å². The largest absolute Gasteiger partial charge is 0.440 e. The van der Waals surface area contributed by atoms with E-state index in [-0.39, 0.29) is 16.8 Å². The van der Waals surface area contributed by atoms with Gasteiger partial charge in [-0.05, 0) is 30.7 Å². The van der Waals surface area contributed by atoms with Crippen molar-refractivity contribution in [3.05, 3.63) is 48.2 Å². The normalized spacial score (nSPS) is 16.0. The third-order valence-corrected chi connectivity index (χ3v) is 5.01. The van der Waals surface area contributed by atoms with Gasteiger partial charge in [0.25, 0.3) is 5.91 Å². The molecular weight excluding hydrogens is 328 g/mol. The Bertz CT molecular complexity index is 814. The number of para-hydroxylation sites is 1. The van der Waals surface area contributed by atoms with E-state index in [1.54, 1.807) is 4.90 Å². The molecule has 1 amide bonds. The Morgan fingerprint density at radius 3 is 2.42 bits per heavy atom. The summed E-state index contributed by atoms with van der Waals surface area (Å²) >= 11 is 0. The molecule has 24 heavy (non-hydrogen) atoms. The highest BCUT2D eigenvalue weighted by Crippen LogP contribution is 2.19. The van der Waals surface area contributed by atoms with Gasteiger partial charge in [-0.15, -0.1) is 0 Å². The second-order valence-corrected chi connectivity index (χ2v) is 7.81. The van der Waals surface area contributed by atoms with E-state index in [1.807, 2.05) is 18.2 Å². The summed E-state index contributed by atoms with van der Waals surface area (Å²) in [5, 5.41) is -0.174. The van der Waals surface area contributed by atoms with Crippen molar-refractivity contribution in [3.8, 4) is 0 Å². The average molecular weight is 348 g/mol. The fourth-order valence-corrected chi connectivity index (χ4v) is 3.36. The molecule has 128 valence electrons. The molecule has 0 unspecified atom stereocenters. The van der Waals surface area contributed by atoms with Crippen LogP contribution < -0.4 is 4.90 Å². The minimum absolute atomic E-state index is 0.0728. The number of anilines is 1. The molecule has 0 N–H and O–H groups in total. The van der Waals surface area contributed by atoms with E-state index in [9.17, 15) is 13.2 Å². The lowest BCUT2D eigenvalue weighted by molar-refractivity contribution is 0.0729. The van der Waals surface area contributed by atoms with Crippen LogP contribution in [0.1, 0.15) is 17.0 Å². The quantitative estimate of drug-likeness (QED) is 0.849. The monoisotopic (exact) mass is 348 g/mol. The predicted molar refractivity (Wildman–Crippen MR) is 91.0 cm³/mol. The zero-order chi connectivity index (χ0) is 17.2. The fraction of sp³-hybridized carbons (Fsp3) is 0.353. The van der Waals surface area contributed by atoms with Crippen LogP contribution in [0.15, 0.2) is 52.0 Å². The minimum Gasteiger partial charge on any atom is -0.440 e. The molecule has 1 aromatic carbocycles. The van der Waals surface area contributed by atoms with Gasteiger partial charge in [0, 0.05) is 38.1 Å². The van der Waals surface area contributed by atoms with Gasteiger partial charge < -0.3 is 14.2 Å². The van der Waals surface area contributed by atoms with Crippen LogP contribution in [0.25, 0.3) is 0 Å². The van der Waals surface area contributed by atoms with Crippen molar-refractivity contribution in [3.63, 3.8) is 0 Å². The highest BCUT2D eigenvalue weighted by Gasteiger charge is 2.24. The first-order valence-electron chi connectivity index (χ1n) is 7.84. The highest BCUT2D eigenvalue weighted by molar-refractivity contribution is 7.90. The molecule has 0 atom stereocenters. The average Bonchev–Trinajstić information content (AvgIpc) is 2.94. The topological polar surface area (TPSA) is 70.8 Å². The number of furan rings is 1. The van der Waals surface area contributed by atoms with Crippen LogP contribution >= 0.6 is 0 Å². The standard InChI is InChI=1S/C17H20N2O4S/c1-24(21,22)16-9-8-15(23-16)17(20)19-11-5-10-18(12-13-19)14-6-3-2-4-7-14/h2-4,6-9H,5,10-13H2,1H3. The number of carbonyl (C=O) groups is 1. The van der Waals surface area contributed by atoms with Crippen molar-refractivity contribution in [2.24, 2.45) is 0 Å². The third-order valence-electron chi connectivity index (χ3n) is 4.06. The van der Waals surface area contributed by atoms with E-state index in [0.717, 1.165) is 31.5 Å². The van der Waals surface area contributed by atoms with Crippen LogP contribution in [0.5, 0.6) is 0 Å². The maximum atomic E-state index is 12.6. The summed E-state index contributed by atoms with van der Waals surface area (Å²) in [5.41, 5.74) is 1.14. The summed E-state index contributed by atoms with van der Waals surface area (Å²) in [6.07, 6.45) is 1.91. The molecule has 0 saturated carbocycles. The van der Waals surface area contributed by atoms with E-state index in [4.69, 9.17) is 4.42 Å². The van der Waals surface area contributed by atoms with Gasteiger partial charge >= 0.3 is 0 Å². The van der Waals surface area contributed by atoms with E-state index in [2.05, 4.69) is 17.0 Å². The summed E-state index contributed by atoms with van der Waals surface area (Å²) in [7, 11) is -3.44. The Labute approximate surface area is 141 Å². The molecule has 0 radical (unpaired) electrons. The number of amides is 1. The molecular formula is C17H20N2O4S. The van der Waals surface area contributed by atoms with Crippen molar-refractivity contribution in [1.29, 1.82) is 0 Å². The Balaban J connectivity index is 1.70. The molecule has 2 aromatic rings. The number of hydrogen-bond donors (Lipinski definition) is 0. The smallest absolute Gasteiger partial charge is 0.289 e. The number of nitrogens with zero attached hydrogens (tertiary/aromatic N) is 2. The predicted octanol–water partition coefficient (Wildman–Crippen LogP) is 2.04. The van der Waals surface area contributed by atoms with Gasteiger partial charge in [0.05, 0.1) is 0 Å². The van der Waals surface area contributed by atoms with Gasteiger partial charge in [-0.3, -0.25) is 4.79 Å². The molecule has 0 bridgehead atoms. The summed E-state index contributed by atoms with van der Waals surface area (Å²) in [6, 6.07) is 12.9. The van der Waals surface area contributed by atoms with E-state index in [1.165, 1.54) is 12.1 Å². The maximum Gasteiger partial charge on any atom is 0.289 e. The van der Waals surface area contributed by atoms with Crippen molar-refractivity contribution in [2.45, 2.75) is 11.5 Å². The number of hydrogen-bond acceptors (Lipinski definition) is 5. The van der Waals surface area contributed by atoms with Gasteiger partial charge in [-0.25, -0.2) is 8.42 Å². The van der Waals surface area contributed by atoms with Crippen molar-refractivity contribution in [1.82, 2.24) is 4.90 Å². The lowest BCUT2D eigenvalue weighted by Crippen LogP contribution is -2.35. The minimum atomic E-state index is -3.44. The van der Waals surface area contributed by atoms with Gasteiger partial charge in [0.15, 0.2) is 5.76 Å². The Hall–Kier alpha value is -2.28. The molecule has 7 heteroatoms. The number of rotatable bonds is 3. The van der Waals surface area contributed by atoms with E-state index >= 15 is 0 Å². The molecule has 1 aliphatic rings. The van der Waals surface area contributed by atoms with Crippen LogP contribution in [-0.2, 0) is 9.84 Å². The second-order valence-electron chi connectivity index (χ2n) is 5.86.